The molecule has 0 saturated carbocycles. The zero-order valence-electron chi connectivity index (χ0n) is 22.0. The van der Waals surface area contributed by atoms with E-state index in [-0.39, 0.29) is 47.3 Å². The van der Waals surface area contributed by atoms with Crippen LogP contribution in [0, 0.1) is 23.7 Å². The first-order valence-electron chi connectivity index (χ1n) is 14.2. The fourth-order valence-electron chi connectivity index (χ4n) is 6.68. The largest absolute Gasteiger partial charge is 0.301 e. The molecule has 4 atom stereocenters. The van der Waals surface area contributed by atoms with E-state index in [9.17, 15) is 19.2 Å². The van der Waals surface area contributed by atoms with Gasteiger partial charge in [0.05, 0.1) is 23.7 Å². The number of carbonyl (C=O) groups excluding carboxylic acids is 4. The molecule has 5 rings (SSSR count). The quantitative estimate of drug-likeness (QED) is 0.299. The molecule has 0 unspecified atom stereocenters. The number of nitrogens with zero attached hydrogens (tertiary/aromatic N) is 4. The zero-order chi connectivity index (χ0) is 26.8. The van der Waals surface area contributed by atoms with Crippen LogP contribution in [-0.4, -0.2) is 95.6 Å². The Labute approximate surface area is 234 Å². The number of likely N-dealkylation sites (tertiary alicyclic amines) is 2. The number of allylic oxidation sites excluding steroid dienone is 4. The maximum atomic E-state index is 12.7. The van der Waals surface area contributed by atoms with Crippen LogP contribution in [0.3, 0.4) is 0 Å². The molecule has 3 fully saturated rings. The molecule has 0 aromatic carbocycles. The molecule has 0 spiro atoms. The smallest absolute Gasteiger partial charge is 0.233 e. The summed E-state index contributed by atoms with van der Waals surface area (Å²) in [5, 5.41) is 1.40. The SMILES string of the molecule is O=C1[C@H]2CC(Cl)=CC[C@H]2C(=O)N1CCCCN1CCN(CCCCN2C(=O)[C@H]3CC(Cl)=CC[C@H]3C2=O)CC1. The second-order valence-electron chi connectivity index (χ2n) is 11.4. The molecule has 3 aliphatic heterocycles. The average molecular weight is 566 g/mol. The lowest BCUT2D eigenvalue weighted by Crippen LogP contribution is -2.47. The van der Waals surface area contributed by atoms with Gasteiger partial charge < -0.3 is 9.80 Å². The summed E-state index contributed by atoms with van der Waals surface area (Å²) in [6, 6.07) is 0. The fraction of sp³-hybridized carbons (Fsp3) is 0.714. The van der Waals surface area contributed by atoms with Crippen molar-refractivity contribution in [2.45, 2.75) is 51.4 Å². The van der Waals surface area contributed by atoms with Crippen LogP contribution in [0.1, 0.15) is 51.4 Å². The fourth-order valence-corrected chi connectivity index (χ4v) is 7.19. The number of carbonyl (C=O) groups is 4. The summed E-state index contributed by atoms with van der Waals surface area (Å²) in [5.41, 5.74) is 0. The van der Waals surface area contributed by atoms with Gasteiger partial charge in [0.1, 0.15) is 0 Å². The first-order chi connectivity index (χ1) is 18.3. The van der Waals surface area contributed by atoms with Gasteiger partial charge in [-0.15, -0.1) is 0 Å². The normalized spacial score (nSPS) is 30.6. The van der Waals surface area contributed by atoms with Gasteiger partial charge in [-0.25, -0.2) is 0 Å². The molecule has 0 aromatic rings. The Kier molecular flexibility index (Phi) is 8.92. The molecule has 0 radical (unpaired) electrons. The van der Waals surface area contributed by atoms with Crippen molar-refractivity contribution in [3.05, 3.63) is 22.2 Å². The number of unbranched alkanes of at least 4 members (excludes halogenated alkanes) is 2. The Balaban J connectivity index is 0.935. The van der Waals surface area contributed by atoms with Crippen LogP contribution in [0.5, 0.6) is 0 Å². The Morgan fingerprint density at radius 2 is 0.895 bits per heavy atom. The first kappa shape index (κ1) is 27.8. The second kappa shape index (κ2) is 12.2. The highest BCUT2D eigenvalue weighted by molar-refractivity contribution is 6.30. The van der Waals surface area contributed by atoms with E-state index in [0.29, 0.717) is 48.8 Å². The Bertz CT molecular complexity index is 942. The molecule has 0 aromatic heterocycles. The lowest BCUT2D eigenvalue weighted by molar-refractivity contribution is -0.141. The average Bonchev–Trinajstić information content (AvgIpc) is 3.28. The van der Waals surface area contributed by atoms with Crippen molar-refractivity contribution >= 4 is 46.8 Å². The maximum Gasteiger partial charge on any atom is 0.233 e. The predicted octanol–water partition coefficient (Wildman–Crippen LogP) is 3.20. The third-order valence-electron chi connectivity index (χ3n) is 9.00. The summed E-state index contributed by atoms with van der Waals surface area (Å²) >= 11 is 12.2. The summed E-state index contributed by atoms with van der Waals surface area (Å²) in [6.07, 6.45) is 9.51. The predicted molar refractivity (Wildman–Crippen MR) is 145 cm³/mol. The molecule has 5 aliphatic rings. The van der Waals surface area contributed by atoms with E-state index >= 15 is 0 Å². The van der Waals surface area contributed by atoms with Gasteiger partial charge in [0, 0.05) is 49.3 Å². The van der Waals surface area contributed by atoms with Crippen LogP contribution in [0.2, 0.25) is 0 Å². The minimum atomic E-state index is -0.259. The highest BCUT2D eigenvalue weighted by Gasteiger charge is 2.49. The minimum absolute atomic E-state index is 0.0211. The topological polar surface area (TPSA) is 81.2 Å². The van der Waals surface area contributed by atoms with Crippen molar-refractivity contribution < 1.29 is 19.2 Å². The van der Waals surface area contributed by atoms with E-state index < -0.39 is 0 Å². The molecule has 10 heteroatoms. The lowest BCUT2D eigenvalue weighted by Gasteiger charge is -2.34. The first-order valence-corrected chi connectivity index (χ1v) is 14.9. The van der Waals surface area contributed by atoms with Crippen LogP contribution >= 0.6 is 23.2 Å². The van der Waals surface area contributed by atoms with Crippen molar-refractivity contribution in [3.63, 3.8) is 0 Å². The lowest BCUT2D eigenvalue weighted by atomic mass is 9.85. The highest BCUT2D eigenvalue weighted by Crippen LogP contribution is 2.40. The number of hydrogen-bond acceptors (Lipinski definition) is 6. The molecule has 0 N–H and O–H groups in total. The number of halogens is 2. The monoisotopic (exact) mass is 564 g/mol. The van der Waals surface area contributed by atoms with Crippen molar-refractivity contribution in [2.75, 3.05) is 52.4 Å². The number of hydrogen-bond donors (Lipinski definition) is 0. The standard InChI is InChI=1S/C28H38Cl2N4O4/c29-19-5-7-21-23(17-19)27(37)33(25(21)35)11-3-1-9-31-13-15-32(16-14-31)10-2-4-12-34-26(36)22-8-6-20(30)18-24(22)28(34)38/h5-6,21-24H,1-4,7-18H2/t21-,22-,23+,24+/m1/s1. The van der Waals surface area contributed by atoms with E-state index in [1.807, 2.05) is 12.2 Å². The van der Waals surface area contributed by atoms with Gasteiger partial charge in [0.15, 0.2) is 0 Å². The molecule has 0 bridgehead atoms. The number of amides is 4. The third-order valence-corrected chi connectivity index (χ3v) is 9.61. The Morgan fingerprint density at radius 3 is 1.29 bits per heavy atom. The van der Waals surface area contributed by atoms with Crippen LogP contribution in [0.4, 0.5) is 0 Å². The van der Waals surface area contributed by atoms with Crippen LogP contribution in [-0.2, 0) is 19.2 Å². The zero-order valence-corrected chi connectivity index (χ0v) is 23.5. The van der Waals surface area contributed by atoms with E-state index in [0.717, 1.165) is 65.0 Å². The number of imide groups is 2. The molecule has 3 heterocycles. The number of rotatable bonds is 10. The van der Waals surface area contributed by atoms with Gasteiger partial charge >= 0.3 is 0 Å². The van der Waals surface area contributed by atoms with E-state index in [1.165, 1.54) is 9.80 Å². The summed E-state index contributed by atoms with van der Waals surface area (Å²) < 4.78 is 0. The molecule has 38 heavy (non-hydrogen) atoms. The Hall–Kier alpha value is -1.74. The summed E-state index contributed by atoms with van der Waals surface area (Å²) in [6.45, 7) is 7.01. The van der Waals surface area contributed by atoms with Gasteiger partial charge in [-0.1, -0.05) is 35.4 Å². The van der Waals surface area contributed by atoms with Crippen LogP contribution < -0.4 is 0 Å². The molecular weight excluding hydrogens is 527 g/mol. The second-order valence-corrected chi connectivity index (χ2v) is 12.3. The van der Waals surface area contributed by atoms with Crippen molar-refractivity contribution in [3.8, 4) is 0 Å². The molecule has 4 amide bonds. The molecule has 3 saturated heterocycles. The van der Waals surface area contributed by atoms with Crippen molar-refractivity contribution in [1.29, 1.82) is 0 Å². The Morgan fingerprint density at radius 1 is 0.553 bits per heavy atom. The van der Waals surface area contributed by atoms with Gasteiger partial charge in [-0.2, -0.15) is 0 Å². The summed E-state index contributed by atoms with van der Waals surface area (Å²) in [5.74, 6) is -1.07. The van der Waals surface area contributed by atoms with E-state index in [4.69, 9.17) is 23.2 Å². The number of piperazine rings is 1. The van der Waals surface area contributed by atoms with Gasteiger partial charge in [0.2, 0.25) is 23.6 Å². The van der Waals surface area contributed by atoms with Gasteiger partial charge in [0.25, 0.3) is 0 Å². The summed E-state index contributed by atoms with van der Waals surface area (Å²) in [4.78, 5) is 58.5. The van der Waals surface area contributed by atoms with E-state index in [1.54, 1.807) is 0 Å². The van der Waals surface area contributed by atoms with Crippen molar-refractivity contribution in [2.24, 2.45) is 23.7 Å². The van der Waals surface area contributed by atoms with Gasteiger partial charge in [-0.05, 0) is 64.5 Å². The number of fused-ring (bicyclic) bond motifs is 2. The van der Waals surface area contributed by atoms with Crippen molar-refractivity contribution in [1.82, 2.24) is 19.6 Å². The molecule has 208 valence electrons. The highest BCUT2D eigenvalue weighted by atomic mass is 35.5. The molecule has 8 nitrogen and oxygen atoms in total. The summed E-state index contributed by atoms with van der Waals surface area (Å²) in [7, 11) is 0. The third kappa shape index (κ3) is 5.88. The van der Waals surface area contributed by atoms with E-state index in [2.05, 4.69) is 9.80 Å². The molecular formula is C28H38Cl2N4O4. The van der Waals surface area contributed by atoms with Crippen LogP contribution in [0.15, 0.2) is 22.2 Å². The molecule has 2 aliphatic carbocycles. The van der Waals surface area contributed by atoms with Crippen LogP contribution in [0.25, 0.3) is 0 Å². The minimum Gasteiger partial charge on any atom is -0.301 e. The van der Waals surface area contributed by atoms with Gasteiger partial charge in [-0.3, -0.25) is 29.0 Å². The maximum absolute atomic E-state index is 12.7.